The summed E-state index contributed by atoms with van der Waals surface area (Å²) in [6.45, 7) is 0. The van der Waals surface area contributed by atoms with Crippen molar-refractivity contribution in [1.82, 2.24) is 20.5 Å². The molecule has 1 unspecified atom stereocenters. The number of halogens is 5. The number of alkyl halides is 3. The summed E-state index contributed by atoms with van der Waals surface area (Å²) in [7, 11) is 1.48. The van der Waals surface area contributed by atoms with Crippen LogP contribution >= 0.6 is 23.2 Å². The summed E-state index contributed by atoms with van der Waals surface area (Å²) in [5.41, 5.74) is -0.641. The molecule has 12 heteroatoms. The number of hydrogen-bond donors (Lipinski definition) is 2. The smallest absolute Gasteiger partial charge is 0.428 e. The number of nitrogens with one attached hydrogen (secondary N) is 1. The summed E-state index contributed by atoms with van der Waals surface area (Å²) >= 11 is 11.8. The molecule has 0 radical (unpaired) electrons. The molecule has 0 saturated heterocycles. The molecule has 2 aromatic carbocycles. The Morgan fingerprint density at radius 1 is 1.23 bits per heavy atom. The second-order valence-corrected chi connectivity index (χ2v) is 7.40. The van der Waals surface area contributed by atoms with Gasteiger partial charge in [-0.05, 0) is 36.4 Å². The molecule has 1 atom stereocenters. The highest BCUT2D eigenvalue weighted by Crippen LogP contribution is 2.48. The van der Waals surface area contributed by atoms with Gasteiger partial charge in [0.05, 0.1) is 11.3 Å². The van der Waals surface area contributed by atoms with E-state index in [4.69, 9.17) is 28.0 Å². The van der Waals surface area contributed by atoms with Crippen molar-refractivity contribution >= 4 is 45.9 Å². The summed E-state index contributed by atoms with van der Waals surface area (Å²) in [5.74, 6) is -1.22. The van der Waals surface area contributed by atoms with E-state index >= 15 is 0 Å². The van der Waals surface area contributed by atoms with Gasteiger partial charge in [-0.3, -0.25) is 10.3 Å². The van der Waals surface area contributed by atoms with Gasteiger partial charge in [-0.15, -0.1) is 5.10 Å². The predicted molar refractivity (Wildman–Crippen MR) is 102 cm³/mol. The Bertz CT molecular complexity index is 1210. The third-order valence-corrected chi connectivity index (χ3v) is 5.09. The van der Waals surface area contributed by atoms with E-state index in [-0.39, 0.29) is 43.5 Å². The molecule has 2 heterocycles. The maximum absolute atomic E-state index is 14.1. The molecule has 156 valence electrons. The molecule has 1 aliphatic heterocycles. The van der Waals surface area contributed by atoms with Crippen LogP contribution in [0.4, 0.5) is 13.2 Å². The van der Waals surface area contributed by atoms with Crippen LogP contribution < -0.4 is 5.48 Å². The lowest BCUT2D eigenvalue weighted by molar-refractivity contribution is -0.269. The van der Waals surface area contributed by atoms with Crippen LogP contribution in [0.25, 0.3) is 16.7 Å². The highest BCUT2D eigenvalue weighted by Gasteiger charge is 2.59. The van der Waals surface area contributed by atoms with E-state index < -0.39 is 17.7 Å². The SMILES string of the molecule is Cn1nnc2c(C3=CC(c4cc(Cl)cc(Cl)c4)(C(F)(F)F)ON3)ccc(C(=O)O)c21. The average molecular weight is 459 g/mol. The monoisotopic (exact) mass is 458 g/mol. The fourth-order valence-corrected chi connectivity index (χ4v) is 3.83. The molecular formula is C18H11Cl2F3N4O3. The van der Waals surface area contributed by atoms with Crippen molar-refractivity contribution in [3.63, 3.8) is 0 Å². The first-order chi connectivity index (χ1) is 14.0. The van der Waals surface area contributed by atoms with E-state index in [0.29, 0.717) is 0 Å². The van der Waals surface area contributed by atoms with Crippen LogP contribution in [-0.4, -0.2) is 32.2 Å². The number of aromatic nitrogens is 3. The van der Waals surface area contributed by atoms with Crippen molar-refractivity contribution in [2.75, 3.05) is 0 Å². The summed E-state index contributed by atoms with van der Waals surface area (Å²) in [5, 5.41) is 17.1. The van der Waals surface area contributed by atoms with E-state index in [1.165, 1.54) is 29.9 Å². The third kappa shape index (κ3) is 3.08. The van der Waals surface area contributed by atoms with Crippen molar-refractivity contribution in [2.45, 2.75) is 11.8 Å². The summed E-state index contributed by atoms with van der Waals surface area (Å²) in [6.07, 6.45) is -4.04. The normalized spacial score (nSPS) is 19.1. The molecule has 0 fully saturated rings. The largest absolute Gasteiger partial charge is 0.478 e. The molecule has 30 heavy (non-hydrogen) atoms. The number of hydroxylamine groups is 1. The molecule has 4 rings (SSSR count). The van der Waals surface area contributed by atoms with Crippen molar-refractivity contribution < 1.29 is 27.9 Å². The van der Waals surface area contributed by atoms with Gasteiger partial charge in [0.15, 0.2) is 0 Å². The van der Waals surface area contributed by atoms with E-state index in [9.17, 15) is 23.1 Å². The van der Waals surface area contributed by atoms with E-state index in [1.54, 1.807) is 0 Å². The van der Waals surface area contributed by atoms with Crippen LogP contribution in [0, 0.1) is 0 Å². The van der Waals surface area contributed by atoms with Gasteiger partial charge < -0.3 is 5.11 Å². The van der Waals surface area contributed by atoms with Gasteiger partial charge in [0, 0.05) is 28.2 Å². The number of rotatable bonds is 3. The van der Waals surface area contributed by atoms with Crippen LogP contribution in [0.1, 0.15) is 21.5 Å². The Hall–Kier alpha value is -2.82. The summed E-state index contributed by atoms with van der Waals surface area (Å²) in [4.78, 5) is 16.5. The second-order valence-electron chi connectivity index (χ2n) is 6.53. The molecule has 7 nitrogen and oxygen atoms in total. The molecule has 0 aliphatic carbocycles. The van der Waals surface area contributed by atoms with Gasteiger partial charge in [-0.1, -0.05) is 28.4 Å². The van der Waals surface area contributed by atoms with E-state index in [0.717, 1.165) is 18.2 Å². The average Bonchev–Trinajstić information content (AvgIpc) is 3.25. The molecule has 0 spiro atoms. The van der Waals surface area contributed by atoms with E-state index in [1.807, 2.05) is 0 Å². The number of hydrogen-bond acceptors (Lipinski definition) is 5. The van der Waals surface area contributed by atoms with Crippen LogP contribution in [0.5, 0.6) is 0 Å². The first kappa shape index (κ1) is 20.5. The lowest BCUT2D eigenvalue weighted by Crippen LogP contribution is -2.42. The molecule has 1 aliphatic rings. The summed E-state index contributed by atoms with van der Waals surface area (Å²) in [6, 6.07) is 6.11. The van der Waals surface area contributed by atoms with Crippen LogP contribution in [0.3, 0.4) is 0 Å². The Balaban J connectivity index is 1.94. The lowest BCUT2D eigenvalue weighted by Gasteiger charge is -2.28. The number of aryl methyl sites for hydroxylation is 1. The Kier molecular flexibility index (Phi) is 4.68. The molecule has 2 N–H and O–H groups in total. The number of carboxylic acid groups (broad SMARTS) is 1. The summed E-state index contributed by atoms with van der Waals surface area (Å²) < 4.78 is 43.6. The predicted octanol–water partition coefficient (Wildman–Crippen LogP) is 4.31. The number of aromatic carboxylic acids is 1. The Morgan fingerprint density at radius 2 is 1.90 bits per heavy atom. The number of nitrogens with zero attached hydrogens (tertiary/aromatic N) is 3. The van der Waals surface area contributed by atoms with Crippen molar-refractivity contribution in [2.24, 2.45) is 7.05 Å². The Labute approximate surface area is 176 Å². The molecule has 0 amide bonds. The van der Waals surface area contributed by atoms with Gasteiger partial charge in [-0.25, -0.2) is 9.48 Å². The van der Waals surface area contributed by atoms with Crippen molar-refractivity contribution in [3.8, 4) is 0 Å². The first-order valence-electron chi connectivity index (χ1n) is 8.30. The molecular weight excluding hydrogens is 448 g/mol. The second kappa shape index (κ2) is 6.86. The van der Waals surface area contributed by atoms with Gasteiger partial charge >= 0.3 is 12.1 Å². The fourth-order valence-electron chi connectivity index (χ4n) is 3.30. The zero-order valence-corrected chi connectivity index (χ0v) is 16.5. The van der Waals surface area contributed by atoms with E-state index in [2.05, 4.69) is 15.8 Å². The number of carboxylic acids is 1. The topological polar surface area (TPSA) is 89.3 Å². The van der Waals surface area contributed by atoms with Crippen LogP contribution in [0.15, 0.2) is 36.4 Å². The first-order valence-corrected chi connectivity index (χ1v) is 9.05. The van der Waals surface area contributed by atoms with Gasteiger partial charge in [0.1, 0.15) is 11.0 Å². The van der Waals surface area contributed by atoms with Crippen LogP contribution in [0.2, 0.25) is 10.0 Å². The number of benzene rings is 2. The van der Waals surface area contributed by atoms with Crippen LogP contribution in [-0.2, 0) is 17.5 Å². The van der Waals surface area contributed by atoms with Crippen molar-refractivity contribution in [1.29, 1.82) is 0 Å². The number of fused-ring (bicyclic) bond motifs is 1. The highest BCUT2D eigenvalue weighted by molar-refractivity contribution is 6.34. The minimum Gasteiger partial charge on any atom is -0.478 e. The molecule has 1 aromatic heterocycles. The lowest BCUT2D eigenvalue weighted by atomic mass is 9.91. The zero-order valence-electron chi connectivity index (χ0n) is 15.0. The molecule has 0 saturated carbocycles. The maximum Gasteiger partial charge on any atom is 0.428 e. The van der Waals surface area contributed by atoms with Gasteiger partial charge in [-0.2, -0.15) is 13.2 Å². The molecule has 0 bridgehead atoms. The minimum absolute atomic E-state index is 0.00806. The number of carbonyl (C=O) groups is 1. The van der Waals surface area contributed by atoms with Gasteiger partial charge in [0.2, 0.25) is 5.60 Å². The zero-order chi connectivity index (χ0) is 21.8. The fraction of sp³-hybridized carbons (Fsp3) is 0.167. The highest BCUT2D eigenvalue weighted by atomic mass is 35.5. The quantitative estimate of drug-likeness (QED) is 0.607. The third-order valence-electron chi connectivity index (χ3n) is 4.66. The molecule has 3 aromatic rings. The Morgan fingerprint density at radius 3 is 2.50 bits per heavy atom. The minimum atomic E-state index is -4.88. The maximum atomic E-state index is 14.1. The standard InChI is InChI=1S/C18H11Cl2F3N4O3/c1-27-15-12(16(28)29)3-2-11(14(15)24-26-27)13-7-17(30-25-13,18(21,22)23)8-4-9(19)6-10(20)5-8/h2-7,25H,1H3,(H,28,29). The van der Waals surface area contributed by atoms with Crippen molar-refractivity contribution in [3.05, 3.63) is 63.1 Å². The van der Waals surface area contributed by atoms with Gasteiger partial charge in [0.25, 0.3) is 0 Å².